The average molecular weight is 263 g/mol. The Hall–Kier alpha value is -1.53. The molecule has 4 rings (SSSR count). The van der Waals surface area contributed by atoms with Gasteiger partial charge < -0.3 is 14.9 Å². The summed E-state index contributed by atoms with van der Waals surface area (Å²) in [5.41, 5.74) is 0. The van der Waals surface area contributed by atoms with Crippen LogP contribution in [-0.4, -0.2) is 57.7 Å². The van der Waals surface area contributed by atoms with Gasteiger partial charge in [0.1, 0.15) is 12.6 Å². The van der Waals surface area contributed by atoms with Gasteiger partial charge in [-0.3, -0.25) is 9.78 Å². The summed E-state index contributed by atoms with van der Waals surface area (Å²) >= 11 is 0. The predicted molar refractivity (Wildman–Crippen MR) is 69.1 cm³/mol. The molecule has 1 atom stereocenters. The van der Waals surface area contributed by atoms with Crippen molar-refractivity contribution in [3.63, 3.8) is 0 Å². The number of rotatable bonds is 3. The second-order valence-electron chi connectivity index (χ2n) is 5.67. The number of nitrogens with zero attached hydrogens (tertiary/aromatic N) is 3. The standard InChI is InChI=1S/C13H18N4O2/c18-11-8-17(5-1-10(11)2-6-17)9-13(19)16-12-7-14-3-4-15-12/h3-4,7,10-11,18H,1-2,5-6,8-9H2/p+1. The number of aromatic nitrogens is 2. The zero-order chi connectivity index (χ0) is 13.3. The fourth-order valence-electron chi connectivity index (χ4n) is 3.32. The van der Waals surface area contributed by atoms with Gasteiger partial charge >= 0.3 is 0 Å². The molecule has 2 bridgehead atoms. The number of carbonyl (C=O) groups excluding carboxylic acids is 1. The average Bonchev–Trinajstić information content (AvgIpc) is 2.40. The lowest BCUT2D eigenvalue weighted by molar-refractivity contribution is -0.939. The first kappa shape index (κ1) is 12.5. The molecule has 1 aromatic rings. The van der Waals surface area contributed by atoms with Crippen molar-refractivity contribution in [2.45, 2.75) is 18.9 Å². The maximum absolute atomic E-state index is 12.1. The lowest BCUT2D eigenvalue weighted by Gasteiger charge is -2.50. The maximum atomic E-state index is 12.1. The van der Waals surface area contributed by atoms with Gasteiger partial charge in [0.15, 0.2) is 12.4 Å². The lowest BCUT2D eigenvalue weighted by Crippen LogP contribution is -2.65. The third-order valence-corrected chi connectivity index (χ3v) is 4.38. The normalized spacial score (nSPS) is 33.1. The van der Waals surface area contributed by atoms with E-state index < -0.39 is 0 Å². The first-order valence-electron chi connectivity index (χ1n) is 6.76. The van der Waals surface area contributed by atoms with Gasteiger partial charge in [0.2, 0.25) is 0 Å². The molecule has 1 unspecified atom stereocenters. The largest absolute Gasteiger partial charge is 0.387 e. The molecule has 1 amide bonds. The highest BCUT2D eigenvalue weighted by atomic mass is 16.3. The summed E-state index contributed by atoms with van der Waals surface area (Å²) in [5, 5.41) is 12.8. The van der Waals surface area contributed by atoms with Crippen molar-refractivity contribution in [3.05, 3.63) is 18.6 Å². The van der Waals surface area contributed by atoms with E-state index in [0.717, 1.165) is 25.9 Å². The van der Waals surface area contributed by atoms with Crippen LogP contribution < -0.4 is 5.32 Å². The van der Waals surface area contributed by atoms with Gasteiger partial charge in [-0.05, 0) is 0 Å². The van der Waals surface area contributed by atoms with Crippen LogP contribution in [0.5, 0.6) is 0 Å². The van der Waals surface area contributed by atoms with Crippen molar-refractivity contribution < 1.29 is 14.4 Å². The Morgan fingerprint density at radius 3 is 2.84 bits per heavy atom. The molecule has 3 aliphatic rings. The zero-order valence-electron chi connectivity index (χ0n) is 10.8. The highest BCUT2D eigenvalue weighted by molar-refractivity contribution is 5.90. The number of hydrogen-bond acceptors (Lipinski definition) is 4. The van der Waals surface area contributed by atoms with Gasteiger partial charge in [-0.1, -0.05) is 0 Å². The van der Waals surface area contributed by atoms with Crippen molar-refractivity contribution in [2.75, 3.05) is 31.5 Å². The van der Waals surface area contributed by atoms with Gasteiger partial charge in [0, 0.05) is 31.2 Å². The van der Waals surface area contributed by atoms with Crippen LogP contribution in [0.15, 0.2) is 18.6 Å². The Morgan fingerprint density at radius 2 is 2.21 bits per heavy atom. The smallest absolute Gasteiger partial charge is 0.280 e. The van der Waals surface area contributed by atoms with Crippen molar-refractivity contribution in [2.24, 2.45) is 5.92 Å². The Balaban J connectivity index is 1.63. The summed E-state index contributed by atoms with van der Waals surface area (Å²) in [6, 6.07) is 0. The van der Waals surface area contributed by atoms with Crippen LogP contribution in [0, 0.1) is 5.92 Å². The fourth-order valence-corrected chi connectivity index (χ4v) is 3.32. The third kappa shape index (κ3) is 2.59. The number of hydrogen-bond donors (Lipinski definition) is 2. The number of nitrogens with one attached hydrogen (secondary N) is 1. The molecule has 3 aliphatic heterocycles. The molecule has 0 radical (unpaired) electrons. The summed E-state index contributed by atoms with van der Waals surface area (Å²) in [5.74, 6) is 0.884. The summed E-state index contributed by atoms with van der Waals surface area (Å²) < 4.78 is 0.712. The SMILES string of the molecule is O=C(C[N+]12CCC(CC1)C(O)C2)Nc1cnccn1. The van der Waals surface area contributed by atoms with Crippen LogP contribution in [0.2, 0.25) is 0 Å². The van der Waals surface area contributed by atoms with E-state index in [1.165, 1.54) is 6.20 Å². The molecule has 0 spiro atoms. The fraction of sp³-hybridized carbons (Fsp3) is 0.615. The van der Waals surface area contributed by atoms with Crippen LogP contribution in [0.1, 0.15) is 12.8 Å². The third-order valence-electron chi connectivity index (χ3n) is 4.38. The van der Waals surface area contributed by atoms with Crippen LogP contribution >= 0.6 is 0 Å². The highest BCUT2D eigenvalue weighted by Crippen LogP contribution is 2.33. The highest BCUT2D eigenvalue weighted by Gasteiger charge is 2.46. The summed E-state index contributed by atoms with van der Waals surface area (Å²) in [7, 11) is 0. The van der Waals surface area contributed by atoms with Crippen LogP contribution in [0.3, 0.4) is 0 Å². The molecule has 2 N–H and O–H groups in total. The second kappa shape index (κ2) is 4.86. The minimum absolute atomic E-state index is 0.0481. The number of piperidine rings is 3. The first-order chi connectivity index (χ1) is 9.17. The number of anilines is 1. The minimum Gasteiger partial charge on any atom is -0.387 e. The van der Waals surface area contributed by atoms with Gasteiger partial charge in [-0.15, -0.1) is 0 Å². The molecule has 6 heteroatoms. The van der Waals surface area contributed by atoms with E-state index in [2.05, 4.69) is 15.3 Å². The minimum atomic E-state index is -0.244. The summed E-state index contributed by atoms with van der Waals surface area (Å²) in [4.78, 5) is 20.0. The number of aliphatic hydroxyl groups is 1. The zero-order valence-corrected chi connectivity index (χ0v) is 10.8. The number of amides is 1. The van der Waals surface area contributed by atoms with Crippen LogP contribution in [0.25, 0.3) is 0 Å². The number of carbonyl (C=O) groups is 1. The van der Waals surface area contributed by atoms with Gasteiger partial charge in [0.25, 0.3) is 5.91 Å². The summed E-state index contributed by atoms with van der Waals surface area (Å²) in [6.07, 6.45) is 6.47. The molecule has 6 nitrogen and oxygen atoms in total. The molecule has 0 aromatic carbocycles. The van der Waals surface area contributed by atoms with Crippen molar-refractivity contribution in [1.29, 1.82) is 0 Å². The summed E-state index contributed by atoms with van der Waals surface area (Å²) in [6.45, 7) is 3.12. The van der Waals surface area contributed by atoms with E-state index in [-0.39, 0.29) is 12.0 Å². The van der Waals surface area contributed by atoms with E-state index in [1.807, 2.05) is 0 Å². The number of fused-ring (bicyclic) bond motifs is 3. The number of aliphatic hydroxyl groups excluding tert-OH is 1. The Bertz CT molecular complexity index is 457. The Morgan fingerprint density at radius 1 is 1.42 bits per heavy atom. The molecule has 19 heavy (non-hydrogen) atoms. The van der Waals surface area contributed by atoms with Crippen LogP contribution in [0.4, 0.5) is 5.82 Å². The van der Waals surface area contributed by atoms with Gasteiger partial charge in [-0.25, -0.2) is 4.98 Å². The quantitative estimate of drug-likeness (QED) is 0.754. The molecule has 1 aromatic heterocycles. The van der Waals surface area contributed by atoms with E-state index in [0.29, 0.717) is 29.3 Å². The van der Waals surface area contributed by atoms with Gasteiger partial charge in [0.05, 0.1) is 19.3 Å². The van der Waals surface area contributed by atoms with Crippen molar-refractivity contribution in [1.82, 2.24) is 9.97 Å². The van der Waals surface area contributed by atoms with E-state index in [9.17, 15) is 9.90 Å². The van der Waals surface area contributed by atoms with E-state index >= 15 is 0 Å². The predicted octanol–water partition coefficient (Wildman–Crippen LogP) is 0.0164. The second-order valence-corrected chi connectivity index (χ2v) is 5.67. The van der Waals surface area contributed by atoms with Crippen molar-refractivity contribution >= 4 is 11.7 Å². The molecule has 0 saturated carbocycles. The van der Waals surface area contributed by atoms with E-state index in [4.69, 9.17) is 0 Å². The maximum Gasteiger partial charge on any atom is 0.280 e. The van der Waals surface area contributed by atoms with Crippen molar-refractivity contribution in [3.8, 4) is 0 Å². The lowest BCUT2D eigenvalue weighted by atomic mass is 9.83. The Labute approximate surface area is 112 Å². The molecule has 3 saturated heterocycles. The van der Waals surface area contributed by atoms with Crippen LogP contribution in [-0.2, 0) is 4.79 Å². The number of quaternary nitrogens is 1. The molecular formula is C13H19N4O2+. The Kier molecular flexibility index (Phi) is 3.20. The first-order valence-corrected chi connectivity index (χ1v) is 6.76. The monoisotopic (exact) mass is 263 g/mol. The molecular weight excluding hydrogens is 244 g/mol. The molecule has 3 fully saturated rings. The van der Waals surface area contributed by atoms with Gasteiger partial charge in [-0.2, -0.15) is 0 Å². The van der Waals surface area contributed by atoms with E-state index in [1.54, 1.807) is 12.4 Å². The molecule has 0 aliphatic carbocycles. The topological polar surface area (TPSA) is 75.1 Å². The molecule has 4 heterocycles. The molecule has 102 valence electrons.